The zero-order valence-electron chi connectivity index (χ0n) is 12.8. The monoisotopic (exact) mass is 323 g/mol. The molecule has 0 unspecified atom stereocenters. The number of amides is 1. The normalized spacial score (nSPS) is 27.7. The Balaban J connectivity index is 1.61. The van der Waals surface area contributed by atoms with Gasteiger partial charge < -0.3 is 14.4 Å². The first-order chi connectivity index (χ1) is 10.7. The molecule has 120 valence electrons. The SMILES string of the molecule is CO[C@H]1CC[C@H]2[C@H]1OCCN2C(=O)CCc1ccccc1Cl. The molecule has 1 heterocycles. The molecule has 0 N–H and O–H groups in total. The van der Waals surface area contributed by atoms with Crippen molar-refractivity contribution in [2.24, 2.45) is 0 Å². The van der Waals surface area contributed by atoms with Crippen LogP contribution in [0.5, 0.6) is 0 Å². The highest BCUT2D eigenvalue weighted by Gasteiger charge is 2.44. The van der Waals surface area contributed by atoms with Crippen molar-refractivity contribution in [3.63, 3.8) is 0 Å². The lowest BCUT2D eigenvalue weighted by atomic mass is 10.1. The van der Waals surface area contributed by atoms with E-state index in [9.17, 15) is 4.79 Å². The maximum Gasteiger partial charge on any atom is 0.223 e. The largest absolute Gasteiger partial charge is 0.379 e. The smallest absolute Gasteiger partial charge is 0.223 e. The molecule has 0 radical (unpaired) electrons. The molecule has 3 rings (SSSR count). The molecule has 3 atom stereocenters. The summed E-state index contributed by atoms with van der Waals surface area (Å²) in [4.78, 5) is 14.6. The van der Waals surface area contributed by atoms with E-state index in [4.69, 9.17) is 21.1 Å². The number of ether oxygens (including phenoxy) is 2. The molecule has 1 saturated heterocycles. The van der Waals surface area contributed by atoms with Gasteiger partial charge >= 0.3 is 0 Å². The van der Waals surface area contributed by atoms with E-state index in [0.717, 1.165) is 23.4 Å². The first-order valence-corrected chi connectivity index (χ1v) is 8.26. The van der Waals surface area contributed by atoms with E-state index in [1.165, 1.54) is 0 Å². The molecule has 1 aliphatic carbocycles. The second kappa shape index (κ2) is 6.99. The van der Waals surface area contributed by atoms with E-state index in [-0.39, 0.29) is 24.2 Å². The van der Waals surface area contributed by atoms with Gasteiger partial charge in [0.2, 0.25) is 5.91 Å². The van der Waals surface area contributed by atoms with Crippen LogP contribution in [0.4, 0.5) is 0 Å². The topological polar surface area (TPSA) is 38.8 Å². The highest BCUT2D eigenvalue weighted by atomic mass is 35.5. The fourth-order valence-corrected chi connectivity index (χ4v) is 3.79. The lowest BCUT2D eigenvalue weighted by Crippen LogP contribution is -2.53. The summed E-state index contributed by atoms with van der Waals surface area (Å²) in [6, 6.07) is 7.87. The standard InChI is InChI=1S/C17H22ClNO3/c1-21-15-8-7-14-17(15)22-11-10-19(14)16(20)9-6-12-4-2-3-5-13(12)18/h2-5,14-15,17H,6-11H2,1H3/t14-,15-,17+/m0/s1. The van der Waals surface area contributed by atoms with E-state index < -0.39 is 0 Å². The average molecular weight is 324 g/mol. The molecule has 1 aromatic rings. The van der Waals surface area contributed by atoms with Crippen LogP contribution >= 0.6 is 11.6 Å². The van der Waals surface area contributed by atoms with Gasteiger partial charge in [-0.1, -0.05) is 29.8 Å². The zero-order chi connectivity index (χ0) is 15.5. The van der Waals surface area contributed by atoms with E-state index in [1.807, 2.05) is 29.2 Å². The summed E-state index contributed by atoms with van der Waals surface area (Å²) >= 11 is 6.16. The van der Waals surface area contributed by atoms with Crippen molar-refractivity contribution in [1.82, 2.24) is 4.90 Å². The van der Waals surface area contributed by atoms with Crippen LogP contribution in [0, 0.1) is 0 Å². The third-order valence-electron chi connectivity index (χ3n) is 4.72. The number of carbonyl (C=O) groups excluding carboxylic acids is 1. The van der Waals surface area contributed by atoms with E-state index in [0.29, 0.717) is 26.0 Å². The summed E-state index contributed by atoms with van der Waals surface area (Å²) in [6.07, 6.45) is 3.24. The predicted octanol–water partition coefficient (Wildman–Crippen LogP) is 2.68. The van der Waals surface area contributed by atoms with Crippen LogP contribution in [0.15, 0.2) is 24.3 Å². The highest BCUT2D eigenvalue weighted by Crippen LogP contribution is 2.32. The van der Waals surface area contributed by atoms with Crippen molar-refractivity contribution in [3.8, 4) is 0 Å². The van der Waals surface area contributed by atoms with Crippen LogP contribution in [-0.2, 0) is 20.7 Å². The van der Waals surface area contributed by atoms with Gasteiger partial charge in [0, 0.05) is 25.1 Å². The van der Waals surface area contributed by atoms with Gasteiger partial charge in [0.15, 0.2) is 0 Å². The van der Waals surface area contributed by atoms with Crippen molar-refractivity contribution < 1.29 is 14.3 Å². The molecular formula is C17H22ClNO3. The van der Waals surface area contributed by atoms with Crippen molar-refractivity contribution in [3.05, 3.63) is 34.9 Å². The number of nitrogens with zero attached hydrogens (tertiary/aromatic N) is 1. The predicted molar refractivity (Wildman–Crippen MR) is 85.0 cm³/mol. The van der Waals surface area contributed by atoms with Crippen LogP contribution in [0.3, 0.4) is 0 Å². The van der Waals surface area contributed by atoms with Gasteiger partial charge in [0.1, 0.15) is 6.10 Å². The minimum Gasteiger partial charge on any atom is -0.379 e. The van der Waals surface area contributed by atoms with Crippen LogP contribution in [-0.4, -0.2) is 49.3 Å². The summed E-state index contributed by atoms with van der Waals surface area (Å²) in [6.45, 7) is 1.28. The van der Waals surface area contributed by atoms with Crippen molar-refractivity contribution >= 4 is 17.5 Å². The molecule has 0 spiro atoms. The lowest BCUT2D eigenvalue weighted by molar-refractivity contribution is -0.149. The Kier molecular flexibility index (Phi) is 5.01. The summed E-state index contributed by atoms with van der Waals surface area (Å²) in [5.74, 6) is 0.190. The Morgan fingerprint density at radius 2 is 2.23 bits per heavy atom. The third-order valence-corrected chi connectivity index (χ3v) is 5.09. The molecule has 5 heteroatoms. The molecule has 22 heavy (non-hydrogen) atoms. The molecule has 1 aliphatic heterocycles. The van der Waals surface area contributed by atoms with Gasteiger partial charge in [0.25, 0.3) is 0 Å². The fraction of sp³-hybridized carbons (Fsp3) is 0.588. The average Bonchev–Trinajstić information content (AvgIpc) is 2.97. The number of morpholine rings is 1. The summed E-state index contributed by atoms with van der Waals surface area (Å²) < 4.78 is 11.3. The van der Waals surface area contributed by atoms with E-state index in [2.05, 4.69) is 0 Å². The minimum atomic E-state index is 0.0306. The van der Waals surface area contributed by atoms with Crippen LogP contribution in [0.2, 0.25) is 5.02 Å². The Hall–Kier alpha value is -1.10. The Bertz CT molecular complexity index is 536. The molecular weight excluding hydrogens is 302 g/mol. The summed E-state index contributed by atoms with van der Waals surface area (Å²) in [5, 5.41) is 0.732. The quantitative estimate of drug-likeness (QED) is 0.855. The molecule has 4 nitrogen and oxygen atoms in total. The number of carbonyl (C=O) groups is 1. The van der Waals surface area contributed by atoms with Crippen LogP contribution in [0.1, 0.15) is 24.8 Å². The first kappa shape index (κ1) is 15.8. The minimum absolute atomic E-state index is 0.0306. The lowest BCUT2D eigenvalue weighted by Gasteiger charge is -2.39. The second-order valence-corrected chi connectivity index (χ2v) is 6.34. The van der Waals surface area contributed by atoms with Crippen LogP contribution < -0.4 is 0 Å². The van der Waals surface area contributed by atoms with Gasteiger partial charge in [0.05, 0.1) is 18.8 Å². The first-order valence-electron chi connectivity index (χ1n) is 7.88. The fourth-order valence-electron chi connectivity index (χ4n) is 3.56. The number of hydrogen-bond acceptors (Lipinski definition) is 3. The van der Waals surface area contributed by atoms with E-state index >= 15 is 0 Å². The van der Waals surface area contributed by atoms with Crippen molar-refractivity contribution in [2.75, 3.05) is 20.3 Å². The highest BCUT2D eigenvalue weighted by molar-refractivity contribution is 6.31. The number of methoxy groups -OCH3 is 1. The number of benzene rings is 1. The molecule has 2 aliphatic rings. The molecule has 2 fully saturated rings. The summed E-state index contributed by atoms with van der Waals surface area (Å²) in [7, 11) is 1.72. The van der Waals surface area contributed by atoms with Gasteiger partial charge in [-0.3, -0.25) is 4.79 Å². The van der Waals surface area contributed by atoms with Crippen LogP contribution in [0.25, 0.3) is 0 Å². The van der Waals surface area contributed by atoms with E-state index in [1.54, 1.807) is 7.11 Å². The van der Waals surface area contributed by atoms with Gasteiger partial charge in [-0.15, -0.1) is 0 Å². The number of aryl methyl sites for hydroxylation is 1. The number of halogens is 1. The number of hydrogen-bond donors (Lipinski definition) is 0. The third kappa shape index (κ3) is 3.14. The molecule has 0 bridgehead atoms. The molecule has 1 aromatic carbocycles. The number of fused-ring (bicyclic) bond motifs is 1. The van der Waals surface area contributed by atoms with Crippen molar-refractivity contribution in [1.29, 1.82) is 0 Å². The Morgan fingerprint density at radius 1 is 1.41 bits per heavy atom. The van der Waals surface area contributed by atoms with Gasteiger partial charge in [-0.05, 0) is 30.9 Å². The van der Waals surface area contributed by atoms with Gasteiger partial charge in [-0.25, -0.2) is 0 Å². The van der Waals surface area contributed by atoms with Gasteiger partial charge in [-0.2, -0.15) is 0 Å². The Labute approximate surface area is 136 Å². The summed E-state index contributed by atoms with van der Waals surface area (Å²) in [5.41, 5.74) is 1.03. The molecule has 1 amide bonds. The zero-order valence-corrected chi connectivity index (χ0v) is 13.6. The second-order valence-electron chi connectivity index (χ2n) is 5.93. The number of rotatable bonds is 4. The molecule has 1 saturated carbocycles. The maximum absolute atomic E-state index is 12.6. The van der Waals surface area contributed by atoms with Crippen molar-refractivity contribution in [2.45, 2.75) is 43.9 Å². The Morgan fingerprint density at radius 3 is 3.00 bits per heavy atom. The molecule has 0 aromatic heterocycles. The maximum atomic E-state index is 12.6.